The Morgan fingerprint density at radius 3 is 1.65 bits per heavy atom. The molecule has 0 aliphatic carbocycles. The Bertz CT molecular complexity index is 1350. The number of benzene rings is 2. The SMILES string of the molecule is CC(CNNCC(=O)Oc1cc(S(=O)(=O)O)ccc1O)NNCC(=O)Oc1cc(S(=O)(=O)O)ccc1O. The van der Waals surface area contributed by atoms with Gasteiger partial charge in [0.25, 0.3) is 20.2 Å². The van der Waals surface area contributed by atoms with Crippen molar-refractivity contribution in [3.63, 3.8) is 0 Å². The van der Waals surface area contributed by atoms with Gasteiger partial charge >= 0.3 is 11.9 Å². The van der Waals surface area contributed by atoms with Crippen molar-refractivity contribution >= 4 is 32.2 Å². The van der Waals surface area contributed by atoms with Gasteiger partial charge in [0.15, 0.2) is 23.0 Å². The molecule has 0 radical (unpaired) electrons. The minimum Gasteiger partial charge on any atom is -0.504 e. The van der Waals surface area contributed by atoms with E-state index in [1.165, 1.54) is 0 Å². The lowest BCUT2D eigenvalue weighted by atomic mass is 10.3. The van der Waals surface area contributed by atoms with Gasteiger partial charge in [0.1, 0.15) is 13.1 Å². The van der Waals surface area contributed by atoms with Gasteiger partial charge in [-0.2, -0.15) is 16.8 Å². The van der Waals surface area contributed by atoms with Gasteiger partial charge in [-0.25, -0.2) is 10.9 Å². The summed E-state index contributed by atoms with van der Waals surface area (Å²) in [6, 6.07) is 4.96. The summed E-state index contributed by atoms with van der Waals surface area (Å²) in [4.78, 5) is 22.6. The Morgan fingerprint density at radius 2 is 1.22 bits per heavy atom. The van der Waals surface area contributed by atoms with Crippen LogP contribution in [0.5, 0.6) is 23.0 Å². The Hall–Kier alpha value is -3.36. The van der Waals surface area contributed by atoms with E-state index in [0.717, 1.165) is 36.4 Å². The molecule has 0 aromatic heterocycles. The highest BCUT2D eigenvalue weighted by atomic mass is 32.2. The smallest absolute Gasteiger partial charge is 0.326 e. The Balaban J connectivity index is 1.69. The molecule has 18 heteroatoms. The lowest BCUT2D eigenvalue weighted by Gasteiger charge is -2.16. The van der Waals surface area contributed by atoms with E-state index in [-0.39, 0.29) is 12.6 Å². The van der Waals surface area contributed by atoms with E-state index in [1.807, 2.05) is 0 Å². The average Bonchev–Trinajstić information content (AvgIpc) is 2.78. The number of ether oxygens (including phenoxy) is 2. The second-order valence-corrected chi connectivity index (χ2v) is 10.1. The molecule has 0 aliphatic heterocycles. The molecule has 0 fully saturated rings. The number of phenolic OH excluding ortho intramolecular Hbond substituents is 2. The first-order valence-electron chi connectivity index (χ1n) is 10.1. The quantitative estimate of drug-likeness (QED) is 0.0461. The third kappa shape index (κ3) is 9.90. The Kier molecular flexibility index (Phi) is 10.3. The van der Waals surface area contributed by atoms with E-state index in [9.17, 15) is 36.6 Å². The zero-order chi connectivity index (χ0) is 27.8. The maximum Gasteiger partial charge on any atom is 0.326 e. The van der Waals surface area contributed by atoms with Gasteiger partial charge in [-0.1, -0.05) is 0 Å². The summed E-state index contributed by atoms with van der Waals surface area (Å²) in [5, 5.41) is 19.4. The van der Waals surface area contributed by atoms with Crippen molar-refractivity contribution in [3.05, 3.63) is 36.4 Å². The van der Waals surface area contributed by atoms with Crippen molar-refractivity contribution < 1.29 is 55.2 Å². The van der Waals surface area contributed by atoms with E-state index in [4.69, 9.17) is 18.6 Å². The number of aromatic hydroxyl groups is 2. The highest BCUT2D eigenvalue weighted by Gasteiger charge is 2.17. The molecule has 2 aromatic carbocycles. The topological polar surface area (TPSA) is 250 Å². The van der Waals surface area contributed by atoms with Gasteiger partial charge in [-0.15, -0.1) is 0 Å². The number of hydrazine groups is 2. The van der Waals surface area contributed by atoms with Crippen molar-refractivity contribution in [2.75, 3.05) is 19.6 Å². The first-order valence-corrected chi connectivity index (χ1v) is 13.0. The largest absolute Gasteiger partial charge is 0.504 e. The second-order valence-electron chi connectivity index (χ2n) is 7.29. The summed E-state index contributed by atoms with van der Waals surface area (Å²) < 4.78 is 72.4. The van der Waals surface area contributed by atoms with E-state index in [2.05, 4.69) is 21.7 Å². The fourth-order valence-corrected chi connectivity index (χ4v) is 3.49. The molecule has 0 spiro atoms. The molecule has 37 heavy (non-hydrogen) atoms. The maximum atomic E-state index is 11.9. The number of carbonyl (C=O) groups is 2. The zero-order valence-corrected chi connectivity index (χ0v) is 20.7. The summed E-state index contributed by atoms with van der Waals surface area (Å²) in [6.07, 6.45) is 0. The zero-order valence-electron chi connectivity index (χ0n) is 19.0. The maximum absolute atomic E-state index is 11.9. The van der Waals surface area contributed by atoms with Crippen LogP contribution in [0.4, 0.5) is 0 Å². The fourth-order valence-electron chi connectivity index (χ4n) is 2.50. The first kappa shape index (κ1) is 29.9. The van der Waals surface area contributed by atoms with Gasteiger partial charge in [0.05, 0.1) is 9.79 Å². The van der Waals surface area contributed by atoms with Gasteiger partial charge in [0.2, 0.25) is 0 Å². The monoisotopic (exact) mass is 564 g/mol. The van der Waals surface area contributed by atoms with Gasteiger partial charge in [0, 0.05) is 24.7 Å². The van der Waals surface area contributed by atoms with E-state index >= 15 is 0 Å². The number of esters is 2. The molecule has 2 aromatic rings. The van der Waals surface area contributed by atoms with Crippen molar-refractivity contribution in [3.8, 4) is 23.0 Å². The summed E-state index contributed by atoms with van der Waals surface area (Å²) in [5.41, 5.74) is 10.5. The van der Waals surface area contributed by atoms with Crippen LogP contribution in [0.25, 0.3) is 0 Å². The third-order valence-electron chi connectivity index (χ3n) is 4.25. The molecule has 0 amide bonds. The van der Waals surface area contributed by atoms with Crippen LogP contribution in [-0.4, -0.2) is 73.8 Å². The molecule has 16 nitrogen and oxygen atoms in total. The summed E-state index contributed by atoms with van der Waals surface area (Å²) in [5.74, 6) is -3.75. The molecule has 0 saturated heterocycles. The summed E-state index contributed by atoms with van der Waals surface area (Å²) in [7, 11) is -9.12. The van der Waals surface area contributed by atoms with Crippen molar-refractivity contribution in [1.82, 2.24) is 21.7 Å². The van der Waals surface area contributed by atoms with Crippen LogP contribution in [0.3, 0.4) is 0 Å². The Labute approximate surface area is 211 Å². The molecular weight excluding hydrogens is 540 g/mol. The summed E-state index contributed by atoms with van der Waals surface area (Å²) in [6.45, 7) is 1.10. The molecule has 8 N–H and O–H groups in total. The molecule has 0 bridgehead atoms. The van der Waals surface area contributed by atoms with Gasteiger partial charge in [-0.05, 0) is 31.2 Å². The Morgan fingerprint density at radius 1 is 0.784 bits per heavy atom. The highest BCUT2D eigenvalue weighted by molar-refractivity contribution is 7.86. The van der Waals surface area contributed by atoms with Crippen molar-refractivity contribution in [2.45, 2.75) is 22.8 Å². The van der Waals surface area contributed by atoms with Crippen LogP contribution in [0.1, 0.15) is 6.92 Å². The number of hydrogen-bond donors (Lipinski definition) is 8. The minimum absolute atomic E-state index is 0.204. The van der Waals surface area contributed by atoms with Crippen molar-refractivity contribution in [1.29, 1.82) is 0 Å². The van der Waals surface area contributed by atoms with Crippen LogP contribution >= 0.6 is 0 Å². The third-order valence-corrected chi connectivity index (χ3v) is 5.95. The van der Waals surface area contributed by atoms with Crippen LogP contribution < -0.4 is 31.2 Å². The predicted octanol–water partition coefficient (Wildman–Crippen LogP) is -1.32. The molecular formula is C19H24N4O12S2. The highest BCUT2D eigenvalue weighted by Crippen LogP contribution is 2.29. The number of phenols is 2. The van der Waals surface area contributed by atoms with Crippen LogP contribution in [0, 0.1) is 0 Å². The van der Waals surface area contributed by atoms with Crippen LogP contribution in [0.15, 0.2) is 46.2 Å². The minimum atomic E-state index is -4.56. The molecule has 204 valence electrons. The van der Waals surface area contributed by atoms with E-state index < -0.39 is 78.1 Å². The van der Waals surface area contributed by atoms with Gasteiger partial charge in [-0.3, -0.25) is 29.5 Å². The number of hydrogen-bond acceptors (Lipinski definition) is 14. The second kappa shape index (κ2) is 12.7. The van der Waals surface area contributed by atoms with E-state index in [1.54, 1.807) is 6.92 Å². The number of nitrogens with one attached hydrogen (secondary N) is 4. The van der Waals surface area contributed by atoms with Gasteiger partial charge < -0.3 is 19.7 Å². The average molecular weight is 565 g/mol. The fraction of sp³-hybridized carbons (Fsp3) is 0.263. The molecule has 2 rings (SSSR count). The van der Waals surface area contributed by atoms with E-state index in [0.29, 0.717) is 0 Å². The molecule has 0 saturated carbocycles. The summed E-state index contributed by atoms with van der Waals surface area (Å²) >= 11 is 0. The molecule has 0 heterocycles. The number of rotatable bonds is 13. The molecule has 0 aliphatic rings. The van der Waals surface area contributed by atoms with Crippen LogP contribution in [0.2, 0.25) is 0 Å². The predicted molar refractivity (Wildman–Crippen MR) is 124 cm³/mol. The normalized spacial score (nSPS) is 12.6. The molecule has 1 unspecified atom stereocenters. The van der Waals surface area contributed by atoms with Crippen LogP contribution in [-0.2, 0) is 29.8 Å². The standard InChI is InChI=1S/C19H24N4O12S2/c1-11(23-22-10-19(27)35-17-7-13(37(31,32)33)3-5-15(17)25)8-20-21-9-18(26)34-16-6-12(36(28,29)30)2-4-14(16)24/h2-7,11,20-25H,8-10H2,1H3,(H,28,29,30)(H,31,32,33). The van der Waals surface area contributed by atoms with Crippen molar-refractivity contribution in [2.24, 2.45) is 0 Å². The lowest BCUT2D eigenvalue weighted by molar-refractivity contribution is -0.134. The molecule has 1 atom stereocenters. The lowest BCUT2D eigenvalue weighted by Crippen LogP contribution is -2.50. The first-order chi connectivity index (χ1) is 17.2. The number of carbonyl (C=O) groups excluding carboxylic acids is 2.